The first kappa shape index (κ1) is 23.5. The average Bonchev–Trinajstić information content (AvgIpc) is 3.28. The molecular weight excluding hydrogens is 476 g/mol. The lowest BCUT2D eigenvalue weighted by Gasteiger charge is -2.50. The summed E-state index contributed by atoms with van der Waals surface area (Å²) in [5.41, 5.74) is 4.16. The lowest BCUT2D eigenvalue weighted by molar-refractivity contribution is -0.156. The van der Waals surface area contributed by atoms with E-state index in [1.165, 1.54) is 6.07 Å². The molecule has 2 N–H and O–H groups in total. The number of anilines is 1. The number of nitrogens with zero attached hydrogens (tertiary/aromatic N) is 3. The number of hydrogen-bond acceptors (Lipinski definition) is 5. The summed E-state index contributed by atoms with van der Waals surface area (Å²) in [6, 6.07) is 10.7. The van der Waals surface area contributed by atoms with E-state index >= 15 is 0 Å². The predicted octanol–water partition coefficient (Wildman–Crippen LogP) is 4.44. The molecule has 1 aliphatic carbocycles. The molecule has 3 atom stereocenters. The van der Waals surface area contributed by atoms with Crippen LogP contribution in [0.1, 0.15) is 44.1 Å². The molecule has 0 aromatic heterocycles. The Morgan fingerprint density at radius 3 is 2.74 bits per heavy atom. The Morgan fingerprint density at radius 2 is 1.94 bits per heavy atom. The number of hydrogen-bond donors (Lipinski definition) is 2. The van der Waals surface area contributed by atoms with Gasteiger partial charge in [-0.15, -0.1) is 0 Å². The summed E-state index contributed by atoms with van der Waals surface area (Å²) < 4.78 is 26.6. The molecule has 2 amide bonds. The van der Waals surface area contributed by atoms with Crippen molar-refractivity contribution in [1.29, 1.82) is 0 Å². The summed E-state index contributed by atoms with van der Waals surface area (Å²) in [6.45, 7) is 0.356. The van der Waals surface area contributed by atoms with Gasteiger partial charge in [-0.25, -0.2) is 8.78 Å². The van der Waals surface area contributed by atoms with Crippen molar-refractivity contribution in [3.05, 3.63) is 64.7 Å². The molecule has 1 saturated heterocycles. The van der Waals surface area contributed by atoms with Crippen LogP contribution in [0.2, 0.25) is 5.02 Å². The summed E-state index contributed by atoms with van der Waals surface area (Å²) in [4.78, 5) is 29.9. The fourth-order valence-electron chi connectivity index (χ4n) is 5.23. The standard InChI is InChI=1S/C25H26ClF2N5O2/c26-18-7-3-1-5-15(18)14-32-24(35)17-6-2-4-8-21(17)33-22(30-31-25(32)33)11-12-23(34)29-16-9-10-19(27)20(28)13-16/h1,3,5,7,9-10,13,17,21,25,31H,2,4,6,8,11-12,14H2,(H,29,34). The first-order valence-electron chi connectivity index (χ1n) is 11.8. The average molecular weight is 502 g/mol. The number of benzene rings is 2. The monoisotopic (exact) mass is 501 g/mol. The van der Waals surface area contributed by atoms with Gasteiger partial charge in [-0.3, -0.25) is 19.9 Å². The lowest BCUT2D eigenvalue weighted by Crippen LogP contribution is -2.67. The van der Waals surface area contributed by atoms with Crippen molar-refractivity contribution in [1.82, 2.24) is 15.2 Å². The number of hydrazone groups is 1. The van der Waals surface area contributed by atoms with E-state index in [0.29, 0.717) is 23.8 Å². The quantitative estimate of drug-likeness (QED) is 0.613. The molecule has 5 rings (SSSR count). The third-order valence-corrected chi connectivity index (χ3v) is 7.30. The van der Waals surface area contributed by atoms with Crippen LogP contribution in [-0.2, 0) is 16.1 Å². The Hall–Kier alpha value is -3.20. The zero-order valence-electron chi connectivity index (χ0n) is 19.0. The molecule has 2 aromatic rings. The molecule has 0 bridgehead atoms. The molecule has 184 valence electrons. The third-order valence-electron chi connectivity index (χ3n) is 6.93. The van der Waals surface area contributed by atoms with Crippen molar-refractivity contribution in [3.63, 3.8) is 0 Å². The van der Waals surface area contributed by atoms with E-state index in [0.717, 1.165) is 43.4 Å². The number of nitrogens with one attached hydrogen (secondary N) is 2. The molecule has 35 heavy (non-hydrogen) atoms. The Labute approximate surface area is 207 Å². The van der Waals surface area contributed by atoms with Crippen molar-refractivity contribution in [2.75, 3.05) is 5.32 Å². The number of carbonyl (C=O) groups is 2. The van der Waals surface area contributed by atoms with Gasteiger partial charge >= 0.3 is 0 Å². The summed E-state index contributed by atoms with van der Waals surface area (Å²) in [7, 11) is 0. The van der Waals surface area contributed by atoms with Gasteiger partial charge in [-0.1, -0.05) is 42.6 Å². The Bertz CT molecular complexity index is 1180. The fourth-order valence-corrected chi connectivity index (χ4v) is 5.43. The SMILES string of the molecule is O=C(CCC1=NNC2N(Cc3ccccc3Cl)C(=O)C3CCCCC3N12)Nc1ccc(F)c(F)c1. The van der Waals surface area contributed by atoms with Crippen LogP contribution in [0.5, 0.6) is 0 Å². The number of fused-ring (bicyclic) bond motifs is 3. The summed E-state index contributed by atoms with van der Waals surface area (Å²) in [5.74, 6) is -1.65. The number of carbonyl (C=O) groups excluding carboxylic acids is 2. The second kappa shape index (κ2) is 9.81. The molecule has 10 heteroatoms. The van der Waals surface area contributed by atoms with E-state index in [1.807, 2.05) is 24.3 Å². The summed E-state index contributed by atoms with van der Waals surface area (Å²) in [6.07, 6.45) is 3.75. The van der Waals surface area contributed by atoms with E-state index in [9.17, 15) is 18.4 Å². The molecular formula is C25H26ClF2N5O2. The van der Waals surface area contributed by atoms with Gasteiger partial charge in [0.15, 0.2) is 17.9 Å². The van der Waals surface area contributed by atoms with Gasteiger partial charge in [0.05, 0.1) is 12.5 Å². The van der Waals surface area contributed by atoms with E-state index in [1.54, 1.807) is 4.90 Å². The van der Waals surface area contributed by atoms with Gasteiger partial charge in [-0.2, -0.15) is 5.10 Å². The molecule has 2 aromatic carbocycles. The van der Waals surface area contributed by atoms with Crippen LogP contribution >= 0.6 is 11.6 Å². The minimum atomic E-state index is -1.02. The Morgan fingerprint density at radius 1 is 1.14 bits per heavy atom. The van der Waals surface area contributed by atoms with Crippen molar-refractivity contribution >= 4 is 34.9 Å². The highest BCUT2D eigenvalue weighted by atomic mass is 35.5. The second-order valence-electron chi connectivity index (χ2n) is 9.13. The summed E-state index contributed by atoms with van der Waals surface area (Å²) in [5, 5.41) is 7.70. The van der Waals surface area contributed by atoms with Gasteiger partial charge in [0.2, 0.25) is 11.8 Å². The highest BCUT2D eigenvalue weighted by Crippen LogP contribution is 2.38. The van der Waals surface area contributed by atoms with Crippen LogP contribution in [-0.4, -0.2) is 39.8 Å². The molecule has 0 spiro atoms. The van der Waals surface area contributed by atoms with Crippen molar-refractivity contribution in [2.45, 2.75) is 57.4 Å². The van der Waals surface area contributed by atoms with Crippen molar-refractivity contribution < 1.29 is 18.4 Å². The highest BCUT2D eigenvalue weighted by Gasteiger charge is 2.50. The first-order chi connectivity index (χ1) is 16.9. The lowest BCUT2D eigenvalue weighted by atomic mass is 9.80. The predicted molar refractivity (Wildman–Crippen MR) is 128 cm³/mol. The summed E-state index contributed by atoms with van der Waals surface area (Å²) >= 11 is 6.38. The zero-order chi connectivity index (χ0) is 24.5. The zero-order valence-corrected chi connectivity index (χ0v) is 19.8. The Kier molecular flexibility index (Phi) is 6.60. The van der Waals surface area contributed by atoms with Gasteiger partial charge < -0.3 is 10.2 Å². The molecule has 0 radical (unpaired) electrons. The largest absolute Gasteiger partial charge is 0.326 e. The van der Waals surface area contributed by atoms with Gasteiger partial charge in [0.1, 0.15) is 5.84 Å². The van der Waals surface area contributed by atoms with E-state index in [2.05, 4.69) is 20.7 Å². The smallest absolute Gasteiger partial charge is 0.231 e. The maximum atomic E-state index is 13.5. The van der Waals surface area contributed by atoms with E-state index < -0.39 is 17.9 Å². The molecule has 3 unspecified atom stereocenters. The number of rotatable bonds is 6. The van der Waals surface area contributed by atoms with Gasteiger partial charge in [0.25, 0.3) is 0 Å². The maximum absolute atomic E-state index is 13.5. The maximum Gasteiger partial charge on any atom is 0.231 e. The van der Waals surface area contributed by atoms with Crippen LogP contribution in [0.25, 0.3) is 0 Å². The molecule has 1 saturated carbocycles. The fraction of sp³-hybridized carbons (Fsp3) is 0.400. The van der Waals surface area contributed by atoms with Crippen LogP contribution in [0.3, 0.4) is 0 Å². The molecule has 2 aliphatic heterocycles. The first-order valence-corrected chi connectivity index (χ1v) is 12.2. The molecule has 7 nitrogen and oxygen atoms in total. The Balaban J connectivity index is 1.30. The van der Waals surface area contributed by atoms with E-state index in [-0.39, 0.29) is 35.9 Å². The molecule has 3 aliphatic rings. The highest BCUT2D eigenvalue weighted by molar-refractivity contribution is 6.31. The van der Waals surface area contributed by atoms with Crippen LogP contribution in [0, 0.1) is 17.6 Å². The minimum absolute atomic E-state index is 0.0201. The molecule has 2 fully saturated rings. The topological polar surface area (TPSA) is 77.0 Å². The van der Waals surface area contributed by atoms with Gasteiger partial charge in [0, 0.05) is 35.7 Å². The number of amides is 2. The number of halogens is 3. The van der Waals surface area contributed by atoms with Crippen molar-refractivity contribution in [3.8, 4) is 0 Å². The van der Waals surface area contributed by atoms with Gasteiger partial charge in [-0.05, 0) is 36.6 Å². The van der Waals surface area contributed by atoms with Crippen molar-refractivity contribution in [2.24, 2.45) is 11.0 Å². The minimum Gasteiger partial charge on any atom is -0.326 e. The molecule has 2 heterocycles. The van der Waals surface area contributed by atoms with Crippen LogP contribution in [0.15, 0.2) is 47.6 Å². The number of amidine groups is 1. The van der Waals surface area contributed by atoms with Crippen LogP contribution in [0.4, 0.5) is 14.5 Å². The third kappa shape index (κ3) is 4.69. The van der Waals surface area contributed by atoms with E-state index in [4.69, 9.17) is 11.6 Å². The normalized spacial score (nSPS) is 23.3. The van der Waals surface area contributed by atoms with Crippen LogP contribution < -0.4 is 10.7 Å². The second-order valence-corrected chi connectivity index (χ2v) is 9.54.